The second-order valence-electron chi connectivity index (χ2n) is 7.37. The molecule has 2 amide bonds. The van der Waals surface area contributed by atoms with Gasteiger partial charge in [-0.15, -0.1) is 0 Å². The number of hydrogen-bond donors (Lipinski definition) is 2. The van der Waals surface area contributed by atoms with E-state index in [2.05, 4.69) is 10.6 Å². The molecule has 0 spiro atoms. The number of para-hydroxylation sites is 2. The third-order valence-electron chi connectivity index (χ3n) is 5.20. The Morgan fingerprint density at radius 3 is 2.21 bits per heavy atom. The van der Waals surface area contributed by atoms with Crippen molar-refractivity contribution in [1.29, 1.82) is 0 Å². The van der Waals surface area contributed by atoms with Gasteiger partial charge in [0.1, 0.15) is 5.84 Å². The van der Waals surface area contributed by atoms with E-state index in [0.717, 1.165) is 17.0 Å². The van der Waals surface area contributed by atoms with E-state index < -0.39 is 11.9 Å². The molecule has 8 heteroatoms. The molecule has 1 aliphatic heterocycles. The maximum Gasteiger partial charge on any atom is 0.324 e. The summed E-state index contributed by atoms with van der Waals surface area (Å²) in [6.07, 6.45) is 0. The molecule has 1 aliphatic rings. The maximum absolute atomic E-state index is 12.9. The van der Waals surface area contributed by atoms with Crippen LogP contribution < -0.4 is 20.1 Å². The minimum atomic E-state index is -0.422. The first kappa shape index (κ1) is 22.4. The lowest BCUT2D eigenvalue weighted by atomic mass is 9.93. The Hall–Kier alpha value is -3.84. The lowest BCUT2D eigenvalue weighted by Gasteiger charge is -2.21. The number of anilines is 1. The number of benzene rings is 3. The minimum absolute atomic E-state index is 0.409. The summed E-state index contributed by atoms with van der Waals surface area (Å²) in [6.45, 7) is 1.91. The fraction of sp³-hybridized carbons (Fsp3) is 0.160. The number of ether oxygens (including phenoxy) is 2. The van der Waals surface area contributed by atoms with Gasteiger partial charge in [-0.1, -0.05) is 29.8 Å². The van der Waals surface area contributed by atoms with Gasteiger partial charge < -0.3 is 14.8 Å². The minimum Gasteiger partial charge on any atom is -0.493 e. The summed E-state index contributed by atoms with van der Waals surface area (Å²) < 4.78 is 10.9. The van der Waals surface area contributed by atoms with Crippen molar-refractivity contribution in [3.05, 3.63) is 77.3 Å². The first-order chi connectivity index (χ1) is 16.0. The van der Waals surface area contributed by atoms with Crippen molar-refractivity contribution in [3.8, 4) is 11.5 Å². The summed E-state index contributed by atoms with van der Waals surface area (Å²) >= 11 is 5.94. The van der Waals surface area contributed by atoms with Gasteiger partial charge in [-0.05, 0) is 61.0 Å². The van der Waals surface area contributed by atoms with Gasteiger partial charge in [0, 0.05) is 16.4 Å². The number of urea groups is 1. The van der Waals surface area contributed by atoms with Crippen LogP contribution in [-0.2, 0) is 0 Å². The number of carbonyl (C=O) groups excluding carboxylic acids is 1. The molecule has 0 saturated carbocycles. The van der Waals surface area contributed by atoms with Crippen molar-refractivity contribution in [1.82, 2.24) is 5.32 Å². The van der Waals surface area contributed by atoms with E-state index in [4.69, 9.17) is 31.1 Å². The van der Waals surface area contributed by atoms with E-state index in [1.165, 1.54) is 0 Å². The third-order valence-corrected chi connectivity index (χ3v) is 5.45. The smallest absolute Gasteiger partial charge is 0.324 e. The number of aliphatic imine (C=N–C) groups is 2. The lowest BCUT2D eigenvalue weighted by Crippen LogP contribution is -2.39. The Labute approximate surface area is 197 Å². The van der Waals surface area contributed by atoms with Crippen LogP contribution in [0, 0.1) is 0 Å². The average molecular weight is 463 g/mol. The SMILES string of the molecule is COc1ccc([C@H]2C(C)=Nc3ccccc3N=C2NC(=O)Nc2ccc(Cl)cc2)cc1OC. The first-order valence-electron chi connectivity index (χ1n) is 10.3. The number of carbonyl (C=O) groups is 1. The van der Waals surface area contributed by atoms with Crippen LogP contribution in [-0.4, -0.2) is 31.8 Å². The summed E-state index contributed by atoms with van der Waals surface area (Å²) in [6, 6.07) is 19.6. The summed E-state index contributed by atoms with van der Waals surface area (Å²) in [5, 5.41) is 6.33. The molecule has 1 heterocycles. The maximum atomic E-state index is 12.9. The number of rotatable bonds is 4. The second-order valence-corrected chi connectivity index (χ2v) is 7.81. The van der Waals surface area contributed by atoms with Gasteiger partial charge in [0.15, 0.2) is 11.5 Å². The molecule has 3 aromatic carbocycles. The topological polar surface area (TPSA) is 84.3 Å². The first-order valence-corrected chi connectivity index (χ1v) is 10.6. The molecule has 0 aliphatic carbocycles. The van der Waals surface area contributed by atoms with Crippen LogP contribution in [0.5, 0.6) is 11.5 Å². The van der Waals surface area contributed by atoms with Gasteiger partial charge in [0.25, 0.3) is 0 Å². The molecule has 0 radical (unpaired) electrons. The van der Waals surface area contributed by atoms with Crippen LogP contribution >= 0.6 is 11.6 Å². The van der Waals surface area contributed by atoms with Crippen LogP contribution in [0.4, 0.5) is 21.9 Å². The fourth-order valence-corrected chi connectivity index (χ4v) is 3.77. The largest absolute Gasteiger partial charge is 0.493 e. The molecule has 4 rings (SSSR count). The molecule has 0 fully saturated rings. The standard InChI is InChI=1S/C25H23ClN4O3/c1-15-23(16-8-13-21(32-2)22(14-16)33-3)24(29-20-7-5-4-6-19(20)27-15)30-25(31)28-18-11-9-17(26)10-12-18/h4-14,23H,1-3H3,(H2,28,29,30,31)/t23-/m1/s1. The highest BCUT2D eigenvalue weighted by atomic mass is 35.5. The van der Waals surface area contributed by atoms with Crippen molar-refractivity contribution < 1.29 is 14.3 Å². The number of methoxy groups -OCH3 is 2. The zero-order valence-electron chi connectivity index (χ0n) is 18.4. The molecule has 2 N–H and O–H groups in total. The Bertz CT molecular complexity index is 1240. The predicted molar refractivity (Wildman–Crippen MR) is 132 cm³/mol. The summed E-state index contributed by atoms with van der Waals surface area (Å²) in [5.74, 6) is 1.22. The van der Waals surface area contributed by atoms with Crippen molar-refractivity contribution >= 4 is 46.2 Å². The van der Waals surface area contributed by atoms with E-state index in [9.17, 15) is 4.79 Å². The Kier molecular flexibility index (Phi) is 6.60. The van der Waals surface area contributed by atoms with E-state index >= 15 is 0 Å². The normalized spacial score (nSPS) is 14.8. The molecule has 33 heavy (non-hydrogen) atoms. The zero-order valence-corrected chi connectivity index (χ0v) is 19.2. The van der Waals surface area contributed by atoms with Crippen molar-refractivity contribution in [2.24, 2.45) is 9.98 Å². The number of nitrogens with one attached hydrogen (secondary N) is 2. The molecule has 3 aromatic rings. The third kappa shape index (κ3) is 4.99. The Morgan fingerprint density at radius 1 is 0.879 bits per heavy atom. The van der Waals surface area contributed by atoms with Crippen LogP contribution in [0.25, 0.3) is 0 Å². The number of nitrogens with zero attached hydrogens (tertiary/aromatic N) is 2. The lowest BCUT2D eigenvalue weighted by molar-refractivity contribution is 0.256. The predicted octanol–water partition coefficient (Wildman–Crippen LogP) is 6.10. The van der Waals surface area contributed by atoms with Crippen molar-refractivity contribution in [2.45, 2.75) is 12.8 Å². The van der Waals surface area contributed by atoms with Crippen LogP contribution in [0.15, 0.2) is 76.7 Å². The van der Waals surface area contributed by atoms with Crippen molar-refractivity contribution in [3.63, 3.8) is 0 Å². The number of halogens is 1. The fourth-order valence-electron chi connectivity index (χ4n) is 3.64. The zero-order chi connectivity index (χ0) is 23.4. The summed E-state index contributed by atoms with van der Waals surface area (Å²) in [7, 11) is 3.17. The van der Waals surface area contributed by atoms with Gasteiger partial charge in [-0.25, -0.2) is 9.79 Å². The second kappa shape index (κ2) is 9.75. The van der Waals surface area contributed by atoms with Crippen molar-refractivity contribution in [2.75, 3.05) is 19.5 Å². The number of hydrogen-bond acceptors (Lipinski definition) is 5. The Morgan fingerprint density at radius 2 is 1.55 bits per heavy atom. The summed E-state index contributed by atoms with van der Waals surface area (Å²) in [5.41, 5.74) is 3.64. The van der Waals surface area contributed by atoms with Crippen LogP contribution in [0.2, 0.25) is 5.02 Å². The van der Waals surface area contributed by atoms with Gasteiger partial charge in [0.05, 0.1) is 31.5 Å². The van der Waals surface area contributed by atoms with E-state index in [-0.39, 0.29) is 0 Å². The number of fused-ring (bicyclic) bond motifs is 1. The van der Waals surface area contributed by atoms with E-state index in [1.807, 2.05) is 49.4 Å². The molecule has 1 atom stereocenters. The monoisotopic (exact) mass is 462 g/mol. The van der Waals surface area contributed by atoms with Crippen LogP contribution in [0.3, 0.4) is 0 Å². The van der Waals surface area contributed by atoms with Crippen LogP contribution in [0.1, 0.15) is 18.4 Å². The number of amides is 2. The van der Waals surface area contributed by atoms with Gasteiger partial charge in [0.2, 0.25) is 0 Å². The average Bonchev–Trinajstić information content (AvgIpc) is 2.95. The summed E-state index contributed by atoms with van der Waals surface area (Å²) in [4.78, 5) is 22.4. The molecular weight excluding hydrogens is 440 g/mol. The Balaban J connectivity index is 1.73. The van der Waals surface area contributed by atoms with E-state index in [1.54, 1.807) is 38.5 Å². The quantitative estimate of drug-likeness (QED) is 0.491. The highest BCUT2D eigenvalue weighted by Crippen LogP contribution is 2.36. The highest BCUT2D eigenvalue weighted by Gasteiger charge is 2.27. The molecule has 7 nitrogen and oxygen atoms in total. The molecule has 0 saturated heterocycles. The molecule has 0 aromatic heterocycles. The van der Waals surface area contributed by atoms with Gasteiger partial charge >= 0.3 is 6.03 Å². The van der Waals surface area contributed by atoms with E-state index in [0.29, 0.717) is 33.7 Å². The highest BCUT2D eigenvalue weighted by molar-refractivity contribution is 6.30. The molecule has 0 unspecified atom stereocenters. The molecular formula is C25H23ClN4O3. The number of amidine groups is 1. The molecule has 0 bridgehead atoms. The van der Waals surface area contributed by atoms with Gasteiger partial charge in [-0.3, -0.25) is 10.3 Å². The molecule has 168 valence electrons. The van der Waals surface area contributed by atoms with Gasteiger partial charge in [-0.2, -0.15) is 0 Å².